The summed E-state index contributed by atoms with van der Waals surface area (Å²) in [4.78, 5) is 15.2. The van der Waals surface area contributed by atoms with E-state index >= 15 is 0 Å². The van der Waals surface area contributed by atoms with E-state index in [1.807, 2.05) is 36.6 Å². The molecule has 1 heterocycles. The first kappa shape index (κ1) is 17.3. The van der Waals surface area contributed by atoms with Gasteiger partial charge in [-0.15, -0.1) is 11.3 Å². The van der Waals surface area contributed by atoms with Crippen molar-refractivity contribution in [3.8, 4) is 0 Å². The number of carbonyl (C=O) groups excluding carboxylic acids is 1. The summed E-state index contributed by atoms with van der Waals surface area (Å²) in [7, 11) is 0. The minimum Gasteiger partial charge on any atom is -0.350 e. The molecule has 0 fully saturated rings. The summed E-state index contributed by atoms with van der Waals surface area (Å²) in [5.41, 5.74) is 1.04. The van der Waals surface area contributed by atoms with E-state index < -0.39 is 0 Å². The molecule has 0 unspecified atom stereocenters. The molecule has 0 aliphatic heterocycles. The second-order valence-electron chi connectivity index (χ2n) is 4.91. The summed E-state index contributed by atoms with van der Waals surface area (Å²) in [5.74, 6) is 0.0234. The van der Waals surface area contributed by atoms with Crippen LogP contribution in [-0.2, 0) is 17.9 Å². The minimum atomic E-state index is 0.0234. The first-order valence-electron chi connectivity index (χ1n) is 7.04. The molecule has 0 spiro atoms. The normalized spacial score (nSPS) is 10.9. The van der Waals surface area contributed by atoms with E-state index in [1.54, 1.807) is 17.4 Å². The lowest BCUT2D eigenvalue weighted by atomic mass is 10.2. The van der Waals surface area contributed by atoms with Crippen LogP contribution in [0.5, 0.6) is 0 Å². The molecule has 3 nitrogen and oxygen atoms in total. The van der Waals surface area contributed by atoms with E-state index in [9.17, 15) is 4.79 Å². The van der Waals surface area contributed by atoms with Gasteiger partial charge < -0.3 is 5.32 Å². The minimum absolute atomic E-state index is 0.0234. The molecule has 0 aliphatic carbocycles. The molecule has 1 aromatic carbocycles. The number of likely N-dealkylation sites (N-methyl/N-ethyl adjacent to an activating group) is 1. The van der Waals surface area contributed by atoms with E-state index in [1.165, 1.54) is 0 Å². The van der Waals surface area contributed by atoms with Crippen molar-refractivity contribution >= 4 is 40.4 Å². The molecule has 6 heteroatoms. The van der Waals surface area contributed by atoms with Gasteiger partial charge in [0.05, 0.1) is 23.1 Å². The SMILES string of the molecule is CCN(CC(=O)NCc1cccs1)Cc1ccc(Cl)c(Cl)c1. The van der Waals surface area contributed by atoms with Crippen LogP contribution in [0, 0.1) is 0 Å². The molecule has 0 saturated carbocycles. The Labute approximate surface area is 144 Å². The number of nitrogens with one attached hydrogen (secondary N) is 1. The zero-order valence-corrected chi connectivity index (χ0v) is 14.6. The van der Waals surface area contributed by atoms with E-state index in [4.69, 9.17) is 23.2 Å². The number of halogens is 2. The van der Waals surface area contributed by atoms with Gasteiger partial charge in [0.2, 0.25) is 5.91 Å². The summed E-state index contributed by atoms with van der Waals surface area (Å²) in [6.07, 6.45) is 0. The van der Waals surface area contributed by atoms with Gasteiger partial charge in [0, 0.05) is 11.4 Å². The van der Waals surface area contributed by atoms with E-state index in [2.05, 4.69) is 10.2 Å². The summed E-state index contributed by atoms with van der Waals surface area (Å²) in [5, 5.41) is 6.03. The monoisotopic (exact) mass is 356 g/mol. The zero-order chi connectivity index (χ0) is 15.9. The molecule has 2 aromatic rings. The Hall–Kier alpha value is -1.07. The predicted octanol–water partition coefficient (Wildman–Crippen LogP) is 4.19. The lowest BCUT2D eigenvalue weighted by molar-refractivity contribution is -0.122. The highest BCUT2D eigenvalue weighted by molar-refractivity contribution is 7.09. The van der Waals surface area contributed by atoms with Crippen LogP contribution in [0.4, 0.5) is 0 Å². The van der Waals surface area contributed by atoms with Crippen molar-refractivity contribution in [2.45, 2.75) is 20.0 Å². The Morgan fingerprint density at radius 3 is 2.73 bits per heavy atom. The van der Waals surface area contributed by atoms with Gasteiger partial charge in [-0.1, -0.05) is 42.3 Å². The topological polar surface area (TPSA) is 32.3 Å². The van der Waals surface area contributed by atoms with Crippen molar-refractivity contribution in [1.82, 2.24) is 10.2 Å². The predicted molar refractivity (Wildman–Crippen MR) is 93.6 cm³/mol. The molecule has 0 atom stereocenters. The fourth-order valence-corrected chi connectivity index (χ4v) is 3.00. The Bertz CT molecular complexity index is 617. The molecule has 1 aromatic heterocycles. The molecule has 1 amide bonds. The highest BCUT2D eigenvalue weighted by atomic mass is 35.5. The molecule has 0 bridgehead atoms. The van der Waals surface area contributed by atoms with Gasteiger partial charge in [0.1, 0.15) is 0 Å². The Balaban J connectivity index is 1.85. The number of carbonyl (C=O) groups is 1. The Kier molecular flexibility index (Phi) is 6.70. The van der Waals surface area contributed by atoms with Crippen molar-refractivity contribution in [1.29, 1.82) is 0 Å². The average molecular weight is 357 g/mol. The Morgan fingerprint density at radius 2 is 2.09 bits per heavy atom. The summed E-state index contributed by atoms with van der Waals surface area (Å²) in [6.45, 7) is 4.43. The first-order valence-corrected chi connectivity index (χ1v) is 8.67. The van der Waals surface area contributed by atoms with Gasteiger partial charge in [0.15, 0.2) is 0 Å². The maximum absolute atomic E-state index is 12.0. The van der Waals surface area contributed by atoms with Gasteiger partial charge in [0.25, 0.3) is 0 Å². The Morgan fingerprint density at radius 1 is 1.27 bits per heavy atom. The summed E-state index contributed by atoms with van der Waals surface area (Å²) in [6, 6.07) is 9.55. The van der Waals surface area contributed by atoms with Crippen molar-refractivity contribution in [2.24, 2.45) is 0 Å². The van der Waals surface area contributed by atoms with Crippen LogP contribution in [0.3, 0.4) is 0 Å². The summed E-state index contributed by atoms with van der Waals surface area (Å²) >= 11 is 13.6. The van der Waals surface area contributed by atoms with Gasteiger partial charge in [-0.3, -0.25) is 9.69 Å². The standard InChI is InChI=1S/C16H18Cl2N2OS/c1-2-20(10-12-5-6-14(17)15(18)8-12)11-16(21)19-9-13-4-3-7-22-13/h3-8H,2,9-11H2,1H3,(H,19,21). The highest BCUT2D eigenvalue weighted by Crippen LogP contribution is 2.23. The molecular formula is C16H18Cl2N2OS. The third-order valence-corrected chi connectivity index (χ3v) is 4.86. The number of amides is 1. The molecule has 0 radical (unpaired) electrons. The van der Waals surface area contributed by atoms with Gasteiger partial charge >= 0.3 is 0 Å². The van der Waals surface area contributed by atoms with Crippen LogP contribution in [0.1, 0.15) is 17.4 Å². The van der Waals surface area contributed by atoms with Crippen LogP contribution in [-0.4, -0.2) is 23.9 Å². The number of hydrogen-bond donors (Lipinski definition) is 1. The number of thiophene rings is 1. The highest BCUT2D eigenvalue weighted by Gasteiger charge is 2.10. The molecule has 22 heavy (non-hydrogen) atoms. The van der Waals surface area contributed by atoms with Gasteiger partial charge in [-0.2, -0.15) is 0 Å². The molecule has 118 valence electrons. The van der Waals surface area contributed by atoms with E-state index in [-0.39, 0.29) is 5.91 Å². The largest absolute Gasteiger partial charge is 0.350 e. The van der Waals surface area contributed by atoms with Crippen LogP contribution < -0.4 is 5.32 Å². The fraction of sp³-hybridized carbons (Fsp3) is 0.312. The third kappa shape index (κ3) is 5.29. The van der Waals surface area contributed by atoms with Crippen LogP contribution >= 0.6 is 34.5 Å². The van der Waals surface area contributed by atoms with Gasteiger partial charge in [-0.05, 0) is 35.7 Å². The number of rotatable bonds is 7. The maximum Gasteiger partial charge on any atom is 0.234 e. The molecule has 0 aliphatic rings. The van der Waals surface area contributed by atoms with E-state index in [0.717, 1.165) is 17.0 Å². The van der Waals surface area contributed by atoms with Crippen LogP contribution in [0.15, 0.2) is 35.7 Å². The third-order valence-electron chi connectivity index (χ3n) is 3.24. The number of nitrogens with zero attached hydrogens (tertiary/aromatic N) is 1. The lowest BCUT2D eigenvalue weighted by Gasteiger charge is -2.20. The van der Waals surface area contributed by atoms with Crippen molar-refractivity contribution in [2.75, 3.05) is 13.1 Å². The number of hydrogen-bond acceptors (Lipinski definition) is 3. The van der Waals surface area contributed by atoms with Crippen molar-refractivity contribution in [3.63, 3.8) is 0 Å². The first-order chi connectivity index (χ1) is 10.6. The van der Waals surface area contributed by atoms with Crippen molar-refractivity contribution in [3.05, 3.63) is 56.2 Å². The lowest BCUT2D eigenvalue weighted by Crippen LogP contribution is -2.36. The molecule has 1 N–H and O–H groups in total. The quantitative estimate of drug-likeness (QED) is 0.806. The smallest absolute Gasteiger partial charge is 0.234 e. The molecular weight excluding hydrogens is 339 g/mol. The van der Waals surface area contributed by atoms with Gasteiger partial charge in [-0.25, -0.2) is 0 Å². The molecule has 0 saturated heterocycles. The zero-order valence-electron chi connectivity index (χ0n) is 12.3. The van der Waals surface area contributed by atoms with Crippen molar-refractivity contribution < 1.29 is 4.79 Å². The average Bonchev–Trinajstić information content (AvgIpc) is 3.01. The fourth-order valence-electron chi connectivity index (χ4n) is 2.03. The van der Waals surface area contributed by atoms with Crippen LogP contribution in [0.2, 0.25) is 10.0 Å². The number of benzene rings is 1. The molecule has 2 rings (SSSR count). The summed E-state index contributed by atoms with van der Waals surface area (Å²) < 4.78 is 0. The van der Waals surface area contributed by atoms with Crippen LogP contribution in [0.25, 0.3) is 0 Å². The second-order valence-corrected chi connectivity index (χ2v) is 6.75. The van der Waals surface area contributed by atoms with E-state index in [0.29, 0.717) is 29.7 Å². The second kappa shape index (κ2) is 8.53. The maximum atomic E-state index is 12.0.